The molecule has 4 heterocycles. The molecule has 1 fully saturated rings. The summed E-state index contributed by atoms with van der Waals surface area (Å²) in [6.07, 6.45) is 4.78. The van der Waals surface area contributed by atoms with E-state index in [1.807, 2.05) is 5.01 Å². The first-order valence-corrected chi connectivity index (χ1v) is 10.6. The van der Waals surface area contributed by atoms with Gasteiger partial charge in [-0.1, -0.05) is 6.92 Å². The highest BCUT2D eigenvalue weighted by molar-refractivity contribution is 7.21. The lowest BCUT2D eigenvalue weighted by atomic mass is 9.87. The summed E-state index contributed by atoms with van der Waals surface area (Å²) in [5.41, 5.74) is 9.16. The number of carbonyl (C=O) groups is 1. The van der Waals surface area contributed by atoms with Crippen molar-refractivity contribution in [2.75, 3.05) is 42.4 Å². The topological polar surface area (TPSA) is 110 Å². The molecule has 3 N–H and O–H groups in total. The largest absolute Gasteiger partial charge is 0.397 e. The number of anilines is 2. The van der Waals surface area contributed by atoms with Crippen molar-refractivity contribution in [3.8, 4) is 0 Å². The van der Waals surface area contributed by atoms with Gasteiger partial charge in [-0.25, -0.2) is 4.98 Å². The smallest absolute Gasteiger partial charge is 0.306 e. The van der Waals surface area contributed by atoms with Gasteiger partial charge in [0.1, 0.15) is 9.71 Å². The van der Waals surface area contributed by atoms with Crippen molar-refractivity contribution in [1.29, 1.82) is 0 Å². The van der Waals surface area contributed by atoms with Crippen molar-refractivity contribution in [2.45, 2.75) is 26.2 Å². The number of thiophene rings is 1. The lowest BCUT2D eigenvalue weighted by Crippen LogP contribution is -2.62. The van der Waals surface area contributed by atoms with E-state index in [1.54, 1.807) is 11.0 Å². The van der Waals surface area contributed by atoms with Crippen LogP contribution >= 0.6 is 11.3 Å². The fourth-order valence-corrected chi connectivity index (χ4v) is 4.89. The first kappa shape index (κ1) is 18.3. The maximum absolute atomic E-state index is 12.8. The predicted molar refractivity (Wildman–Crippen MR) is 109 cm³/mol. The van der Waals surface area contributed by atoms with Gasteiger partial charge >= 0.3 is 5.88 Å². The number of ether oxygens (including phenoxy) is 1. The molecule has 29 heavy (non-hydrogen) atoms. The van der Waals surface area contributed by atoms with E-state index in [1.165, 1.54) is 16.9 Å². The highest BCUT2D eigenvalue weighted by atomic mass is 32.1. The number of aryl methyl sites for hydroxylation is 1. The van der Waals surface area contributed by atoms with E-state index in [9.17, 15) is 4.79 Å². The summed E-state index contributed by atoms with van der Waals surface area (Å²) in [5.74, 6) is 0.593. The van der Waals surface area contributed by atoms with Crippen LogP contribution in [0.2, 0.25) is 0 Å². The molecule has 1 aliphatic heterocycles. The average molecular weight is 415 g/mol. The van der Waals surface area contributed by atoms with Crippen LogP contribution in [0.25, 0.3) is 10.2 Å². The molecule has 0 saturated carbocycles. The molecular weight excluding hydrogens is 392 g/mol. The summed E-state index contributed by atoms with van der Waals surface area (Å²) >= 11 is 1.32. The number of nitrogens with one attached hydrogen (secondary N) is 1. The van der Waals surface area contributed by atoms with Crippen LogP contribution in [0.15, 0.2) is 16.8 Å². The quantitative estimate of drug-likeness (QED) is 0.624. The maximum atomic E-state index is 12.8. The zero-order valence-electron chi connectivity index (χ0n) is 16.2. The number of amides is 1. The molecule has 1 saturated heterocycles. The lowest BCUT2D eigenvalue weighted by molar-refractivity contribution is -0.759. The Morgan fingerprint density at radius 3 is 3.07 bits per heavy atom. The van der Waals surface area contributed by atoms with Crippen molar-refractivity contribution < 1.29 is 18.8 Å². The predicted octanol–water partition coefficient (Wildman–Crippen LogP) is 1.50. The molecule has 1 atom stereocenters. The number of aromatic nitrogens is 3. The summed E-state index contributed by atoms with van der Waals surface area (Å²) in [5, 5.41) is 9.55. The van der Waals surface area contributed by atoms with Crippen LogP contribution in [0.3, 0.4) is 0 Å². The van der Waals surface area contributed by atoms with E-state index in [4.69, 9.17) is 20.0 Å². The zero-order valence-corrected chi connectivity index (χ0v) is 17.0. The molecule has 1 aliphatic carbocycles. The van der Waals surface area contributed by atoms with Crippen LogP contribution < -0.4 is 20.9 Å². The number of nitrogen functional groups attached to an aromatic ring is 1. The van der Waals surface area contributed by atoms with E-state index in [2.05, 4.69) is 23.6 Å². The number of nitrogens with two attached hydrogens (primary N) is 1. The minimum absolute atomic E-state index is 0.263. The van der Waals surface area contributed by atoms with E-state index in [0.717, 1.165) is 35.2 Å². The molecule has 1 unspecified atom stereocenters. The molecule has 0 bridgehead atoms. The average Bonchev–Trinajstić information content (AvgIpc) is 3.32. The van der Waals surface area contributed by atoms with Gasteiger partial charge < -0.3 is 10.5 Å². The SMILES string of the molecule is CC1CCc2nc3sc(C(=O)Nc4c[n+](N5CCOCC5)no4)c(N)c3cc2C1. The van der Waals surface area contributed by atoms with E-state index in [0.29, 0.717) is 42.8 Å². The number of hydrogen-bond acceptors (Lipinski definition) is 8. The molecule has 0 aromatic carbocycles. The number of morpholine rings is 1. The van der Waals surface area contributed by atoms with Gasteiger partial charge in [-0.05, 0) is 36.8 Å². The number of nitrogens with zero attached hydrogens (tertiary/aromatic N) is 4. The number of hydrogen-bond donors (Lipinski definition) is 2. The number of carbonyl (C=O) groups excluding carboxylic acids is 1. The molecule has 0 spiro atoms. The normalized spacial score (nSPS) is 19.3. The molecule has 0 radical (unpaired) electrons. The third-order valence-electron chi connectivity index (χ3n) is 5.51. The van der Waals surface area contributed by atoms with Crippen molar-refractivity contribution in [3.05, 3.63) is 28.4 Å². The van der Waals surface area contributed by atoms with Gasteiger partial charge in [0, 0.05) is 11.1 Å². The second-order valence-corrected chi connectivity index (χ2v) is 8.65. The molecule has 10 heteroatoms. The molecular formula is C19H23N6O3S+. The molecule has 5 rings (SSSR count). The first-order valence-electron chi connectivity index (χ1n) is 9.82. The summed E-state index contributed by atoms with van der Waals surface area (Å²) < 4.78 is 10.6. The molecule has 1 amide bonds. The summed E-state index contributed by atoms with van der Waals surface area (Å²) in [6, 6.07) is 2.11. The van der Waals surface area contributed by atoms with Crippen molar-refractivity contribution in [3.63, 3.8) is 0 Å². The standard InChI is InChI=1S/C19H22N6O3S/c1-11-2-3-14-12(8-11)9-13-16(20)17(29-19(13)21-14)18(26)22-15-10-25(23-28-15)24-4-6-27-7-5-24/h9-11H,2-8H2,1H3,(H2-,20,22,23,26)/p+1. The minimum atomic E-state index is -0.317. The number of fused-ring (bicyclic) bond motifs is 2. The van der Waals surface area contributed by atoms with Crippen LogP contribution in [0.5, 0.6) is 0 Å². The van der Waals surface area contributed by atoms with Gasteiger partial charge in [-0.15, -0.1) is 16.3 Å². The second kappa shape index (κ2) is 7.27. The Morgan fingerprint density at radius 1 is 1.41 bits per heavy atom. The highest BCUT2D eigenvalue weighted by Crippen LogP contribution is 2.36. The van der Waals surface area contributed by atoms with Crippen LogP contribution in [0, 0.1) is 5.92 Å². The van der Waals surface area contributed by atoms with Crippen LogP contribution in [0.4, 0.5) is 11.6 Å². The van der Waals surface area contributed by atoms with Crippen molar-refractivity contribution in [1.82, 2.24) is 10.3 Å². The fourth-order valence-electron chi connectivity index (χ4n) is 3.89. The van der Waals surface area contributed by atoms with Crippen LogP contribution in [-0.4, -0.2) is 42.5 Å². The molecule has 152 valence electrons. The fraction of sp³-hybridized carbons (Fsp3) is 0.474. The Balaban J connectivity index is 1.38. The molecule has 3 aromatic heterocycles. The molecule has 3 aromatic rings. The van der Waals surface area contributed by atoms with Crippen molar-refractivity contribution in [2.24, 2.45) is 5.92 Å². The summed E-state index contributed by atoms with van der Waals surface area (Å²) in [4.78, 5) is 20.4. The van der Waals surface area contributed by atoms with Gasteiger partial charge in [0.2, 0.25) is 5.27 Å². The van der Waals surface area contributed by atoms with Gasteiger partial charge in [-0.3, -0.25) is 14.6 Å². The Kier molecular flexibility index (Phi) is 4.59. The van der Waals surface area contributed by atoms with Crippen LogP contribution in [0.1, 0.15) is 34.3 Å². The first-order chi connectivity index (χ1) is 14.1. The number of rotatable bonds is 3. The summed E-state index contributed by atoms with van der Waals surface area (Å²) in [6.45, 7) is 4.94. The van der Waals surface area contributed by atoms with E-state index in [-0.39, 0.29) is 11.8 Å². The van der Waals surface area contributed by atoms with E-state index >= 15 is 0 Å². The minimum Gasteiger partial charge on any atom is -0.397 e. The van der Waals surface area contributed by atoms with Gasteiger partial charge in [-0.2, -0.15) is 0 Å². The lowest BCUT2D eigenvalue weighted by Gasteiger charge is -2.20. The zero-order chi connectivity index (χ0) is 20.0. The Hall–Kier alpha value is -2.72. The highest BCUT2D eigenvalue weighted by Gasteiger charge is 2.26. The van der Waals surface area contributed by atoms with Gasteiger partial charge in [0.05, 0.1) is 36.8 Å². The molecule has 9 nitrogen and oxygen atoms in total. The van der Waals surface area contributed by atoms with Gasteiger partial charge in [0.15, 0.2) is 0 Å². The Bertz CT molecular complexity index is 1070. The van der Waals surface area contributed by atoms with Crippen LogP contribution in [-0.2, 0) is 17.6 Å². The number of pyridine rings is 1. The second-order valence-electron chi connectivity index (χ2n) is 7.65. The summed E-state index contributed by atoms with van der Waals surface area (Å²) in [7, 11) is 0. The molecule has 2 aliphatic rings. The van der Waals surface area contributed by atoms with Crippen molar-refractivity contribution >= 4 is 39.0 Å². The van der Waals surface area contributed by atoms with E-state index < -0.39 is 0 Å². The third kappa shape index (κ3) is 3.42. The monoisotopic (exact) mass is 415 g/mol. The third-order valence-corrected chi connectivity index (χ3v) is 6.62. The van der Waals surface area contributed by atoms with Gasteiger partial charge in [0.25, 0.3) is 12.1 Å². The Labute approximate surface area is 171 Å². The Morgan fingerprint density at radius 2 is 2.24 bits per heavy atom. The maximum Gasteiger partial charge on any atom is 0.306 e.